The average molecular weight is 344 g/mol. The fraction of sp³-hybridized carbons (Fsp3) is 0.600. The number of nitrogens with one attached hydrogen (secondary N) is 1. The fourth-order valence-corrected chi connectivity index (χ4v) is 3.80. The van der Waals surface area contributed by atoms with E-state index in [9.17, 15) is 9.59 Å². The van der Waals surface area contributed by atoms with E-state index in [1.807, 2.05) is 38.1 Å². The average Bonchev–Trinajstić information content (AvgIpc) is 2.77. The first-order chi connectivity index (χ1) is 12.0. The number of rotatable bonds is 4. The summed E-state index contributed by atoms with van der Waals surface area (Å²) in [5.74, 6) is 0.745. The van der Waals surface area contributed by atoms with E-state index in [0.717, 1.165) is 49.8 Å². The molecule has 1 heterocycles. The van der Waals surface area contributed by atoms with Crippen LogP contribution in [0.2, 0.25) is 0 Å². The second-order valence-electron chi connectivity index (χ2n) is 7.48. The normalized spacial score (nSPS) is 20.5. The maximum absolute atomic E-state index is 13.0. The summed E-state index contributed by atoms with van der Waals surface area (Å²) in [7, 11) is 0. The van der Waals surface area contributed by atoms with E-state index >= 15 is 0 Å². The molecule has 1 aromatic rings. The molecule has 136 valence electrons. The molecule has 0 aromatic heterocycles. The molecule has 3 amide bonds. The van der Waals surface area contributed by atoms with E-state index in [1.54, 1.807) is 0 Å². The molecule has 2 aliphatic rings. The lowest BCUT2D eigenvalue weighted by Crippen LogP contribution is -2.47. The summed E-state index contributed by atoms with van der Waals surface area (Å²) < 4.78 is 5.64. The highest BCUT2D eigenvalue weighted by Crippen LogP contribution is 2.32. The molecule has 0 unspecified atom stereocenters. The molecule has 0 atom stereocenters. The van der Waals surface area contributed by atoms with Crippen molar-refractivity contribution >= 4 is 11.9 Å². The minimum absolute atomic E-state index is 0.0538. The number of imide groups is 1. The minimum atomic E-state index is -0.668. The lowest BCUT2D eigenvalue weighted by atomic mass is 9.84. The molecular formula is C20H28N2O3. The predicted molar refractivity (Wildman–Crippen MR) is 96.3 cm³/mol. The first-order valence-electron chi connectivity index (χ1n) is 9.40. The number of amides is 3. The molecule has 0 bridgehead atoms. The van der Waals surface area contributed by atoms with Gasteiger partial charge < -0.3 is 10.1 Å². The number of ether oxygens (including phenoxy) is 1. The van der Waals surface area contributed by atoms with Gasteiger partial charge in [0.25, 0.3) is 5.91 Å². The number of benzene rings is 1. The maximum atomic E-state index is 13.0. The molecule has 1 aliphatic carbocycles. The number of urea groups is 1. The summed E-state index contributed by atoms with van der Waals surface area (Å²) in [5.41, 5.74) is 0.264. The highest BCUT2D eigenvalue weighted by atomic mass is 16.5. The van der Waals surface area contributed by atoms with Crippen LogP contribution in [0.3, 0.4) is 0 Å². The number of carbonyl (C=O) groups excluding carboxylic acids is 2. The van der Waals surface area contributed by atoms with Crippen LogP contribution in [0.15, 0.2) is 24.3 Å². The Bertz CT molecular complexity index is 616. The zero-order valence-electron chi connectivity index (χ0n) is 15.2. The van der Waals surface area contributed by atoms with E-state index in [-0.39, 0.29) is 18.0 Å². The van der Waals surface area contributed by atoms with Crippen molar-refractivity contribution in [2.45, 2.75) is 77.0 Å². The van der Waals surface area contributed by atoms with Crippen LogP contribution in [-0.4, -0.2) is 28.5 Å². The third-order valence-corrected chi connectivity index (χ3v) is 5.09. The Labute approximate surface area is 149 Å². The van der Waals surface area contributed by atoms with E-state index in [1.165, 1.54) is 11.3 Å². The van der Waals surface area contributed by atoms with Gasteiger partial charge in [0.1, 0.15) is 11.3 Å². The highest BCUT2D eigenvalue weighted by Gasteiger charge is 2.50. The van der Waals surface area contributed by atoms with Crippen LogP contribution >= 0.6 is 0 Å². The molecule has 1 N–H and O–H groups in total. The van der Waals surface area contributed by atoms with Crippen molar-refractivity contribution < 1.29 is 14.3 Å². The van der Waals surface area contributed by atoms with Gasteiger partial charge in [-0.2, -0.15) is 0 Å². The molecule has 3 rings (SSSR count). The monoisotopic (exact) mass is 344 g/mol. The Morgan fingerprint density at radius 2 is 1.64 bits per heavy atom. The van der Waals surface area contributed by atoms with Crippen LogP contribution in [0.4, 0.5) is 4.79 Å². The van der Waals surface area contributed by atoms with E-state index in [4.69, 9.17) is 4.74 Å². The van der Waals surface area contributed by atoms with E-state index < -0.39 is 5.54 Å². The van der Waals surface area contributed by atoms with Crippen LogP contribution in [-0.2, 0) is 11.3 Å². The molecule has 5 heteroatoms. The van der Waals surface area contributed by atoms with Gasteiger partial charge in [-0.15, -0.1) is 0 Å². The Balaban J connectivity index is 1.70. The quantitative estimate of drug-likeness (QED) is 0.840. The van der Waals surface area contributed by atoms with Gasteiger partial charge in [-0.1, -0.05) is 44.2 Å². The smallest absolute Gasteiger partial charge is 0.325 e. The molecule has 1 aromatic carbocycles. The molecule has 5 nitrogen and oxygen atoms in total. The van der Waals surface area contributed by atoms with Crippen molar-refractivity contribution in [3.8, 4) is 5.75 Å². The zero-order chi connectivity index (χ0) is 17.9. The van der Waals surface area contributed by atoms with Gasteiger partial charge in [-0.05, 0) is 44.4 Å². The van der Waals surface area contributed by atoms with Crippen molar-refractivity contribution in [1.82, 2.24) is 10.2 Å². The van der Waals surface area contributed by atoms with Crippen LogP contribution in [0.5, 0.6) is 5.75 Å². The first-order valence-corrected chi connectivity index (χ1v) is 9.40. The van der Waals surface area contributed by atoms with Gasteiger partial charge in [0.05, 0.1) is 12.6 Å². The van der Waals surface area contributed by atoms with Gasteiger partial charge in [-0.25, -0.2) is 4.79 Å². The number of nitrogens with zero attached hydrogens (tertiary/aromatic N) is 1. The lowest BCUT2D eigenvalue weighted by molar-refractivity contribution is -0.132. The van der Waals surface area contributed by atoms with Crippen LogP contribution in [0.1, 0.15) is 64.4 Å². The van der Waals surface area contributed by atoms with E-state index in [0.29, 0.717) is 6.54 Å². The van der Waals surface area contributed by atoms with Gasteiger partial charge in [0.15, 0.2) is 0 Å². The van der Waals surface area contributed by atoms with Gasteiger partial charge >= 0.3 is 6.03 Å². The van der Waals surface area contributed by atoms with Crippen molar-refractivity contribution in [3.63, 3.8) is 0 Å². The van der Waals surface area contributed by atoms with E-state index in [2.05, 4.69) is 5.32 Å². The standard InChI is InChI=1S/C20H28N2O3/c1-15(2)25-17-10-8-16(9-11-17)14-22-18(23)20(21-19(22)24)12-6-4-3-5-7-13-20/h8-11,15H,3-7,12-14H2,1-2H3,(H,21,24). The summed E-state index contributed by atoms with van der Waals surface area (Å²) in [4.78, 5) is 26.8. The second-order valence-corrected chi connectivity index (χ2v) is 7.48. The second kappa shape index (κ2) is 7.46. The van der Waals surface area contributed by atoms with Crippen LogP contribution in [0.25, 0.3) is 0 Å². The van der Waals surface area contributed by atoms with Crippen molar-refractivity contribution in [1.29, 1.82) is 0 Å². The van der Waals surface area contributed by atoms with Gasteiger partial charge in [0.2, 0.25) is 0 Å². The lowest BCUT2D eigenvalue weighted by Gasteiger charge is -2.28. The summed E-state index contributed by atoms with van der Waals surface area (Å²) in [6, 6.07) is 7.36. The summed E-state index contributed by atoms with van der Waals surface area (Å²) in [6.45, 7) is 4.28. The molecule has 1 spiro atoms. The molecule has 1 saturated heterocycles. The Morgan fingerprint density at radius 1 is 1.04 bits per heavy atom. The Kier molecular flexibility index (Phi) is 5.30. The zero-order valence-corrected chi connectivity index (χ0v) is 15.2. The van der Waals surface area contributed by atoms with Crippen molar-refractivity contribution in [2.75, 3.05) is 0 Å². The third kappa shape index (κ3) is 3.97. The molecule has 2 fully saturated rings. The fourth-order valence-electron chi connectivity index (χ4n) is 3.80. The molecule has 25 heavy (non-hydrogen) atoms. The topological polar surface area (TPSA) is 58.6 Å². The number of hydrogen-bond acceptors (Lipinski definition) is 3. The van der Waals surface area contributed by atoms with Crippen LogP contribution < -0.4 is 10.1 Å². The molecule has 1 saturated carbocycles. The summed E-state index contributed by atoms with van der Waals surface area (Å²) >= 11 is 0. The minimum Gasteiger partial charge on any atom is -0.491 e. The maximum Gasteiger partial charge on any atom is 0.325 e. The first kappa shape index (κ1) is 17.8. The highest BCUT2D eigenvalue weighted by molar-refractivity contribution is 6.07. The summed E-state index contributed by atoms with van der Waals surface area (Å²) in [6.07, 6.45) is 7.15. The molecular weight excluding hydrogens is 316 g/mol. The largest absolute Gasteiger partial charge is 0.491 e. The number of carbonyl (C=O) groups is 2. The third-order valence-electron chi connectivity index (χ3n) is 5.09. The SMILES string of the molecule is CC(C)Oc1ccc(CN2C(=O)NC3(CCCCCCC3)C2=O)cc1. The summed E-state index contributed by atoms with van der Waals surface area (Å²) in [5, 5.41) is 3.01. The predicted octanol–water partition coefficient (Wildman–Crippen LogP) is 4.01. The van der Waals surface area contributed by atoms with Crippen molar-refractivity contribution in [3.05, 3.63) is 29.8 Å². The van der Waals surface area contributed by atoms with Gasteiger partial charge in [0, 0.05) is 0 Å². The molecule has 0 radical (unpaired) electrons. The van der Waals surface area contributed by atoms with Crippen molar-refractivity contribution in [2.24, 2.45) is 0 Å². The Morgan fingerprint density at radius 3 is 2.24 bits per heavy atom. The van der Waals surface area contributed by atoms with Crippen LogP contribution in [0, 0.1) is 0 Å². The van der Waals surface area contributed by atoms with Gasteiger partial charge in [-0.3, -0.25) is 9.69 Å². The Hall–Kier alpha value is -2.04. The molecule has 1 aliphatic heterocycles. The number of hydrogen-bond donors (Lipinski definition) is 1.